The third-order valence-corrected chi connectivity index (χ3v) is 8.12. The summed E-state index contributed by atoms with van der Waals surface area (Å²) in [4.78, 5) is 40.8. The number of amides is 2. The monoisotopic (exact) mass is 443 g/mol. The molecule has 1 aliphatic carbocycles. The largest absolute Gasteiger partial charge is 0.307 e. The number of aryl methyl sites for hydroxylation is 1. The maximum atomic E-state index is 12.5. The van der Waals surface area contributed by atoms with Crippen LogP contribution in [0.2, 0.25) is 0 Å². The van der Waals surface area contributed by atoms with Crippen LogP contribution in [0.3, 0.4) is 0 Å². The molecule has 0 atom stereocenters. The molecule has 2 heterocycles. The van der Waals surface area contributed by atoms with Gasteiger partial charge in [-0.15, -0.1) is 0 Å². The highest BCUT2D eigenvalue weighted by Gasteiger charge is 2.44. The summed E-state index contributed by atoms with van der Waals surface area (Å²) in [6.07, 6.45) is 8.30. The third kappa shape index (κ3) is 4.93. The van der Waals surface area contributed by atoms with Crippen molar-refractivity contribution < 1.29 is 9.59 Å². The van der Waals surface area contributed by atoms with Crippen LogP contribution in [0.1, 0.15) is 56.9 Å². The number of imide groups is 1. The second kappa shape index (κ2) is 9.25. The molecule has 2 amide bonds. The average molecular weight is 444 g/mol. The summed E-state index contributed by atoms with van der Waals surface area (Å²) < 4.78 is 2.74. The SMILES string of the molecule is CN(CCCCN1C(=O)CC2(CCCC2)CC1=O)CCc1ccc2c(c1)sc(=O)n2C. The fraction of sp³-hybridized carbons (Fsp3) is 0.625. The van der Waals surface area contributed by atoms with Crippen molar-refractivity contribution in [2.75, 3.05) is 26.7 Å². The highest BCUT2D eigenvalue weighted by Crippen LogP contribution is 2.46. The molecule has 6 nitrogen and oxygen atoms in total. The van der Waals surface area contributed by atoms with E-state index in [-0.39, 0.29) is 22.1 Å². The molecular formula is C24H33N3O3S. The van der Waals surface area contributed by atoms with E-state index in [2.05, 4.69) is 24.1 Å². The molecule has 1 saturated carbocycles. The first-order chi connectivity index (χ1) is 14.9. The van der Waals surface area contributed by atoms with Crippen LogP contribution < -0.4 is 4.87 Å². The van der Waals surface area contributed by atoms with Gasteiger partial charge in [0, 0.05) is 33.0 Å². The van der Waals surface area contributed by atoms with E-state index < -0.39 is 0 Å². The first kappa shape index (κ1) is 22.2. The second-order valence-corrected chi connectivity index (χ2v) is 10.5. The van der Waals surface area contributed by atoms with Crippen LogP contribution in [0, 0.1) is 5.41 Å². The van der Waals surface area contributed by atoms with Crippen LogP contribution in [-0.2, 0) is 23.1 Å². The lowest BCUT2D eigenvalue weighted by Crippen LogP contribution is -2.47. The highest BCUT2D eigenvalue weighted by atomic mass is 32.1. The zero-order chi connectivity index (χ0) is 22.0. The van der Waals surface area contributed by atoms with Gasteiger partial charge in [-0.1, -0.05) is 30.2 Å². The van der Waals surface area contributed by atoms with Crippen LogP contribution in [0.5, 0.6) is 0 Å². The van der Waals surface area contributed by atoms with E-state index in [1.54, 1.807) is 4.57 Å². The lowest BCUT2D eigenvalue weighted by Gasteiger charge is -2.37. The summed E-state index contributed by atoms with van der Waals surface area (Å²) in [7, 11) is 3.92. The van der Waals surface area contributed by atoms with Crippen molar-refractivity contribution in [3.8, 4) is 0 Å². The Morgan fingerprint density at radius 2 is 1.74 bits per heavy atom. The minimum absolute atomic E-state index is 0.0103. The van der Waals surface area contributed by atoms with Gasteiger partial charge in [0.1, 0.15) is 0 Å². The molecule has 1 aromatic carbocycles. The predicted molar refractivity (Wildman–Crippen MR) is 124 cm³/mol. The van der Waals surface area contributed by atoms with Crippen molar-refractivity contribution in [2.45, 2.75) is 57.8 Å². The first-order valence-corrected chi connectivity index (χ1v) is 12.3. The van der Waals surface area contributed by atoms with Gasteiger partial charge >= 0.3 is 4.87 Å². The number of aromatic nitrogens is 1. The van der Waals surface area contributed by atoms with Gasteiger partial charge in [0.15, 0.2) is 0 Å². The van der Waals surface area contributed by atoms with Crippen molar-refractivity contribution >= 4 is 33.4 Å². The summed E-state index contributed by atoms with van der Waals surface area (Å²) in [5.41, 5.74) is 2.23. The van der Waals surface area contributed by atoms with E-state index >= 15 is 0 Å². The number of unbranched alkanes of at least 4 members (excludes halogenated alkanes) is 1. The van der Waals surface area contributed by atoms with Gasteiger partial charge in [0.25, 0.3) is 0 Å². The lowest BCUT2D eigenvalue weighted by molar-refractivity contribution is -0.153. The van der Waals surface area contributed by atoms with Crippen molar-refractivity contribution in [1.29, 1.82) is 0 Å². The van der Waals surface area contributed by atoms with E-state index in [4.69, 9.17) is 0 Å². The molecule has 1 saturated heterocycles. The summed E-state index contributed by atoms with van der Waals surface area (Å²) in [6, 6.07) is 6.26. The summed E-state index contributed by atoms with van der Waals surface area (Å²) in [5, 5.41) is 0. The fourth-order valence-corrected chi connectivity index (χ4v) is 6.12. The third-order valence-electron chi connectivity index (χ3n) is 7.13. The Hall–Kier alpha value is -1.99. The number of benzene rings is 1. The molecule has 2 aromatic rings. The van der Waals surface area contributed by atoms with Crippen LogP contribution in [0.4, 0.5) is 0 Å². The van der Waals surface area contributed by atoms with Crippen LogP contribution in [-0.4, -0.2) is 52.9 Å². The number of likely N-dealkylation sites (N-methyl/N-ethyl adjacent to an activating group) is 1. The number of rotatable bonds is 8. The standard InChI is InChI=1S/C24H33N3O3S/c1-25(14-9-18-7-8-19-20(15-18)31-23(30)26(19)2)12-5-6-13-27-21(28)16-24(17-22(27)29)10-3-4-11-24/h7-8,15H,3-6,9-14,16-17H2,1-2H3. The molecule has 168 valence electrons. The van der Waals surface area contributed by atoms with Gasteiger partial charge < -0.3 is 9.47 Å². The topological polar surface area (TPSA) is 62.6 Å². The van der Waals surface area contributed by atoms with Crippen molar-refractivity contribution in [3.63, 3.8) is 0 Å². The molecule has 0 unspecified atom stereocenters. The molecule has 7 heteroatoms. The quantitative estimate of drug-likeness (QED) is 0.462. The normalized spacial score (nSPS) is 18.7. The lowest BCUT2D eigenvalue weighted by atomic mass is 9.76. The summed E-state index contributed by atoms with van der Waals surface area (Å²) >= 11 is 1.30. The van der Waals surface area contributed by atoms with E-state index in [9.17, 15) is 14.4 Å². The Balaban J connectivity index is 1.18. The number of carbonyl (C=O) groups is 2. The smallest absolute Gasteiger partial charge is 0.306 e. The van der Waals surface area contributed by atoms with E-state index in [0.29, 0.717) is 19.4 Å². The second-order valence-electron chi connectivity index (χ2n) is 9.49. The van der Waals surface area contributed by atoms with E-state index in [1.165, 1.54) is 21.8 Å². The molecule has 2 fully saturated rings. The van der Waals surface area contributed by atoms with Gasteiger partial charge in [-0.2, -0.15) is 0 Å². The zero-order valence-electron chi connectivity index (χ0n) is 18.7. The Bertz CT molecular complexity index is 999. The van der Waals surface area contributed by atoms with Crippen molar-refractivity contribution in [1.82, 2.24) is 14.4 Å². The van der Waals surface area contributed by atoms with Gasteiger partial charge in [-0.05, 0) is 68.8 Å². The van der Waals surface area contributed by atoms with Gasteiger partial charge in [-0.3, -0.25) is 19.3 Å². The first-order valence-electron chi connectivity index (χ1n) is 11.5. The van der Waals surface area contributed by atoms with Crippen LogP contribution >= 0.6 is 11.3 Å². The molecule has 0 bridgehead atoms. The number of carbonyl (C=O) groups excluding carboxylic acids is 2. The number of hydrogen-bond acceptors (Lipinski definition) is 5. The number of fused-ring (bicyclic) bond motifs is 1. The number of likely N-dealkylation sites (tertiary alicyclic amines) is 1. The number of piperidine rings is 1. The Morgan fingerprint density at radius 3 is 2.45 bits per heavy atom. The minimum atomic E-state index is -0.0103. The maximum Gasteiger partial charge on any atom is 0.307 e. The molecular weight excluding hydrogens is 410 g/mol. The molecule has 1 spiro atoms. The Kier molecular flexibility index (Phi) is 6.63. The summed E-state index contributed by atoms with van der Waals surface area (Å²) in [5.74, 6) is 0.0928. The minimum Gasteiger partial charge on any atom is -0.306 e. The molecule has 2 aliphatic rings. The number of nitrogens with zero attached hydrogens (tertiary/aromatic N) is 3. The number of thiazole rings is 1. The van der Waals surface area contributed by atoms with Crippen molar-refractivity contribution in [3.05, 3.63) is 33.4 Å². The van der Waals surface area contributed by atoms with Gasteiger partial charge in [-0.25, -0.2) is 0 Å². The van der Waals surface area contributed by atoms with Gasteiger partial charge in [0.05, 0.1) is 10.2 Å². The van der Waals surface area contributed by atoms with Crippen LogP contribution in [0.15, 0.2) is 23.0 Å². The predicted octanol–water partition coefficient (Wildman–Crippen LogP) is 3.56. The number of hydrogen-bond donors (Lipinski definition) is 0. The molecule has 4 rings (SSSR count). The highest BCUT2D eigenvalue weighted by molar-refractivity contribution is 7.16. The van der Waals surface area contributed by atoms with Gasteiger partial charge in [0.2, 0.25) is 11.8 Å². The molecule has 31 heavy (non-hydrogen) atoms. The fourth-order valence-electron chi connectivity index (χ4n) is 5.18. The maximum absolute atomic E-state index is 12.5. The van der Waals surface area contributed by atoms with Crippen molar-refractivity contribution in [2.24, 2.45) is 12.5 Å². The molecule has 1 aliphatic heterocycles. The molecule has 0 N–H and O–H groups in total. The molecule has 0 radical (unpaired) electrons. The molecule has 1 aromatic heterocycles. The van der Waals surface area contributed by atoms with E-state index in [1.807, 2.05) is 13.1 Å². The van der Waals surface area contributed by atoms with E-state index in [0.717, 1.165) is 68.3 Å². The zero-order valence-corrected chi connectivity index (χ0v) is 19.5. The Labute approximate surface area is 187 Å². The van der Waals surface area contributed by atoms with Crippen LogP contribution in [0.25, 0.3) is 10.2 Å². The summed E-state index contributed by atoms with van der Waals surface area (Å²) in [6.45, 7) is 2.45. The average Bonchev–Trinajstić information content (AvgIpc) is 3.29. The Morgan fingerprint density at radius 1 is 1.03 bits per heavy atom.